The number of hydrogen-bond acceptors (Lipinski definition) is 2. The Morgan fingerprint density at radius 3 is 2.61 bits per heavy atom. The van der Waals surface area contributed by atoms with Gasteiger partial charge in [-0.25, -0.2) is 22.6 Å². The Bertz CT molecular complexity index is 610. The highest BCUT2D eigenvalue weighted by molar-refractivity contribution is 5.88. The Balaban J connectivity index is 2.57. The third kappa shape index (κ3) is 1.94. The number of benzene rings is 1. The van der Waals surface area contributed by atoms with Crippen LogP contribution >= 0.6 is 0 Å². The van der Waals surface area contributed by atoms with Crippen LogP contribution < -0.4 is 0 Å². The van der Waals surface area contributed by atoms with Crippen molar-refractivity contribution in [2.75, 3.05) is 0 Å². The maximum absolute atomic E-state index is 13.0. The molecule has 1 N–H and O–H groups in total. The number of carbonyl (C=O) groups is 1. The summed E-state index contributed by atoms with van der Waals surface area (Å²) in [6.07, 6.45) is 0.957. The SMILES string of the molecule is O=C(O)c1cnn(-c2ccc(F)c(F)c2)c1CF. The van der Waals surface area contributed by atoms with Gasteiger partial charge in [0.05, 0.1) is 17.6 Å². The van der Waals surface area contributed by atoms with Crippen molar-refractivity contribution in [3.05, 3.63) is 47.3 Å². The highest BCUT2D eigenvalue weighted by Gasteiger charge is 2.18. The Hall–Kier alpha value is -2.31. The van der Waals surface area contributed by atoms with Gasteiger partial charge in [-0.05, 0) is 12.1 Å². The lowest BCUT2D eigenvalue weighted by atomic mass is 10.2. The number of aromatic carboxylic acids is 1. The van der Waals surface area contributed by atoms with Gasteiger partial charge >= 0.3 is 5.97 Å². The number of rotatable bonds is 3. The monoisotopic (exact) mass is 256 g/mol. The number of hydrogen-bond donors (Lipinski definition) is 1. The average Bonchev–Trinajstić information content (AvgIpc) is 2.76. The van der Waals surface area contributed by atoms with Crippen molar-refractivity contribution < 1.29 is 23.1 Å². The molecule has 0 amide bonds. The highest BCUT2D eigenvalue weighted by atomic mass is 19.2. The number of carboxylic acids is 1. The number of aromatic nitrogens is 2. The predicted molar refractivity (Wildman–Crippen MR) is 55.3 cm³/mol. The van der Waals surface area contributed by atoms with Gasteiger partial charge in [-0.2, -0.15) is 5.10 Å². The molecule has 1 aromatic carbocycles. The first-order valence-electron chi connectivity index (χ1n) is 4.86. The Morgan fingerprint density at radius 2 is 2.06 bits per heavy atom. The van der Waals surface area contributed by atoms with Crippen LogP contribution in [0.3, 0.4) is 0 Å². The van der Waals surface area contributed by atoms with Crippen LogP contribution in [0.4, 0.5) is 13.2 Å². The van der Waals surface area contributed by atoms with E-state index >= 15 is 0 Å². The molecule has 0 saturated heterocycles. The maximum Gasteiger partial charge on any atom is 0.339 e. The summed E-state index contributed by atoms with van der Waals surface area (Å²) in [5.41, 5.74) is -0.496. The molecule has 0 aliphatic heterocycles. The van der Waals surface area contributed by atoms with Gasteiger partial charge < -0.3 is 5.11 Å². The molecule has 7 heteroatoms. The lowest BCUT2D eigenvalue weighted by Crippen LogP contribution is -2.05. The van der Waals surface area contributed by atoms with Crippen LogP contribution in [0.15, 0.2) is 24.4 Å². The van der Waals surface area contributed by atoms with Crippen LogP contribution in [0, 0.1) is 11.6 Å². The van der Waals surface area contributed by atoms with E-state index < -0.39 is 24.3 Å². The largest absolute Gasteiger partial charge is 0.478 e. The molecule has 18 heavy (non-hydrogen) atoms. The minimum atomic E-state index is -1.34. The van der Waals surface area contributed by atoms with Crippen LogP contribution in [0.1, 0.15) is 16.1 Å². The molecule has 4 nitrogen and oxygen atoms in total. The zero-order chi connectivity index (χ0) is 13.3. The first-order chi connectivity index (χ1) is 8.54. The van der Waals surface area contributed by atoms with E-state index in [1.54, 1.807) is 0 Å². The van der Waals surface area contributed by atoms with Crippen molar-refractivity contribution in [3.8, 4) is 5.69 Å². The smallest absolute Gasteiger partial charge is 0.339 e. The first kappa shape index (κ1) is 12.2. The molecule has 0 spiro atoms. The summed E-state index contributed by atoms with van der Waals surface area (Å²) >= 11 is 0. The van der Waals surface area contributed by atoms with E-state index in [4.69, 9.17) is 5.11 Å². The van der Waals surface area contributed by atoms with E-state index in [2.05, 4.69) is 5.10 Å². The second-order valence-corrected chi connectivity index (χ2v) is 3.45. The Morgan fingerprint density at radius 1 is 1.33 bits per heavy atom. The number of alkyl halides is 1. The van der Waals surface area contributed by atoms with Gasteiger partial charge in [-0.15, -0.1) is 0 Å². The minimum absolute atomic E-state index is 0.0500. The lowest BCUT2D eigenvalue weighted by Gasteiger charge is -2.05. The summed E-state index contributed by atoms with van der Waals surface area (Å²) in [5, 5.41) is 12.5. The van der Waals surface area contributed by atoms with Crippen LogP contribution in [0.5, 0.6) is 0 Å². The molecule has 0 aliphatic carbocycles. The second-order valence-electron chi connectivity index (χ2n) is 3.45. The quantitative estimate of drug-likeness (QED) is 0.916. The summed E-state index contributed by atoms with van der Waals surface area (Å²) in [6, 6.07) is 2.85. The molecule has 94 valence electrons. The van der Waals surface area contributed by atoms with Crippen LogP contribution in [0.2, 0.25) is 0 Å². The van der Waals surface area contributed by atoms with Crippen LogP contribution in [-0.4, -0.2) is 20.9 Å². The van der Waals surface area contributed by atoms with Crippen molar-refractivity contribution in [2.45, 2.75) is 6.67 Å². The Labute approximate surface area is 99.3 Å². The van der Waals surface area contributed by atoms with Crippen molar-refractivity contribution in [3.63, 3.8) is 0 Å². The van der Waals surface area contributed by atoms with E-state index in [1.165, 1.54) is 6.07 Å². The van der Waals surface area contributed by atoms with Gasteiger partial charge in [0, 0.05) is 6.07 Å². The molecule has 1 heterocycles. The third-order valence-electron chi connectivity index (χ3n) is 2.37. The molecular formula is C11H7F3N2O2. The molecule has 2 aromatic rings. The summed E-state index contributed by atoms with van der Waals surface area (Å²) in [4.78, 5) is 10.8. The molecule has 0 fully saturated rings. The molecule has 2 rings (SSSR count). The van der Waals surface area contributed by atoms with Crippen LogP contribution in [-0.2, 0) is 6.67 Å². The number of nitrogens with zero attached hydrogens (tertiary/aromatic N) is 2. The molecule has 0 atom stereocenters. The molecule has 0 unspecified atom stereocenters. The molecule has 0 bridgehead atoms. The van der Waals surface area contributed by atoms with Gasteiger partial charge in [-0.3, -0.25) is 0 Å². The van der Waals surface area contributed by atoms with E-state index in [-0.39, 0.29) is 16.9 Å². The fraction of sp³-hybridized carbons (Fsp3) is 0.0909. The topological polar surface area (TPSA) is 55.1 Å². The summed E-state index contributed by atoms with van der Waals surface area (Å²) in [7, 11) is 0. The summed E-state index contributed by atoms with van der Waals surface area (Å²) in [6.45, 7) is -1.08. The molecule has 0 radical (unpaired) electrons. The van der Waals surface area contributed by atoms with Crippen molar-refractivity contribution in [2.24, 2.45) is 0 Å². The zero-order valence-corrected chi connectivity index (χ0v) is 8.90. The van der Waals surface area contributed by atoms with Crippen LogP contribution in [0.25, 0.3) is 5.69 Å². The summed E-state index contributed by atoms with van der Waals surface area (Å²) in [5.74, 6) is -3.51. The van der Waals surface area contributed by atoms with Crippen molar-refractivity contribution in [1.82, 2.24) is 9.78 Å². The van der Waals surface area contributed by atoms with Gasteiger partial charge in [0.2, 0.25) is 0 Å². The van der Waals surface area contributed by atoms with Crippen molar-refractivity contribution in [1.29, 1.82) is 0 Å². The van der Waals surface area contributed by atoms with E-state index in [0.717, 1.165) is 23.0 Å². The fourth-order valence-corrected chi connectivity index (χ4v) is 1.52. The van der Waals surface area contributed by atoms with E-state index in [0.29, 0.717) is 0 Å². The van der Waals surface area contributed by atoms with E-state index in [1.807, 2.05) is 0 Å². The average molecular weight is 256 g/mol. The molecular weight excluding hydrogens is 249 g/mol. The Kier molecular flexibility index (Phi) is 3.05. The lowest BCUT2D eigenvalue weighted by molar-refractivity contribution is 0.0694. The third-order valence-corrected chi connectivity index (χ3v) is 2.37. The normalized spacial score (nSPS) is 10.6. The maximum atomic E-state index is 13.0. The van der Waals surface area contributed by atoms with Gasteiger partial charge in [0.25, 0.3) is 0 Å². The van der Waals surface area contributed by atoms with Gasteiger partial charge in [-0.1, -0.05) is 0 Å². The number of carboxylic acid groups (broad SMARTS) is 1. The molecule has 1 aromatic heterocycles. The van der Waals surface area contributed by atoms with E-state index in [9.17, 15) is 18.0 Å². The fourth-order valence-electron chi connectivity index (χ4n) is 1.52. The predicted octanol–water partition coefficient (Wildman–Crippen LogP) is 2.32. The molecule has 0 aliphatic rings. The first-order valence-corrected chi connectivity index (χ1v) is 4.86. The van der Waals surface area contributed by atoms with Gasteiger partial charge in [0.15, 0.2) is 11.6 Å². The van der Waals surface area contributed by atoms with Gasteiger partial charge in [0.1, 0.15) is 12.2 Å². The second kappa shape index (κ2) is 4.52. The zero-order valence-electron chi connectivity index (χ0n) is 8.90. The van der Waals surface area contributed by atoms with Crippen molar-refractivity contribution >= 4 is 5.97 Å². The highest BCUT2D eigenvalue weighted by Crippen LogP contribution is 2.18. The standard InChI is InChI=1S/C11H7F3N2O2/c12-4-10-7(11(17)18)5-15-16(10)6-1-2-8(13)9(14)3-6/h1-3,5H,4H2,(H,17,18). The number of halogens is 3. The summed E-state index contributed by atoms with van der Waals surface area (Å²) < 4.78 is 39.5. The minimum Gasteiger partial charge on any atom is -0.478 e. The molecule has 0 saturated carbocycles.